The molecule has 2 rings (SSSR count). The average Bonchev–Trinajstić information content (AvgIpc) is 2.53. The Morgan fingerprint density at radius 3 is 2.38 bits per heavy atom. The minimum atomic E-state index is -0.432. The Morgan fingerprint density at radius 2 is 1.86 bits per heavy atom. The second-order valence-electron chi connectivity index (χ2n) is 4.59. The molecule has 0 unspecified atom stereocenters. The van der Waals surface area contributed by atoms with E-state index < -0.39 is 11.0 Å². The number of benzene rings is 1. The second kappa shape index (κ2) is 6.89. The number of nitro benzene ring substituents is 1. The zero-order valence-electron chi connectivity index (χ0n) is 11.5. The number of aliphatic hydroxyl groups is 1. The van der Waals surface area contributed by atoms with Crippen LogP contribution >= 0.6 is 0 Å². The summed E-state index contributed by atoms with van der Waals surface area (Å²) in [4.78, 5) is 25.4. The minimum Gasteiger partial charge on any atom is -0.447 e. The van der Waals surface area contributed by atoms with Crippen LogP contribution in [0.25, 0.3) is 0 Å². The van der Waals surface area contributed by atoms with Gasteiger partial charge in [0.25, 0.3) is 5.69 Å². The average molecular weight is 295 g/mol. The Morgan fingerprint density at radius 1 is 1.24 bits per heavy atom. The quantitative estimate of drug-likeness (QED) is 0.653. The van der Waals surface area contributed by atoms with Crippen molar-refractivity contribution in [1.82, 2.24) is 4.90 Å². The molecule has 1 aromatic carbocycles. The lowest BCUT2D eigenvalue weighted by atomic mass is 10.2. The molecule has 1 aliphatic heterocycles. The maximum Gasteiger partial charge on any atom is 0.409 e. The van der Waals surface area contributed by atoms with Crippen LogP contribution in [0.5, 0.6) is 0 Å². The summed E-state index contributed by atoms with van der Waals surface area (Å²) in [7, 11) is 0. The van der Waals surface area contributed by atoms with Crippen LogP contribution in [-0.2, 0) is 4.74 Å². The second-order valence-corrected chi connectivity index (χ2v) is 4.59. The summed E-state index contributed by atoms with van der Waals surface area (Å²) >= 11 is 0. The molecule has 1 aliphatic rings. The number of ether oxygens (including phenoxy) is 1. The van der Waals surface area contributed by atoms with Crippen molar-refractivity contribution in [3.63, 3.8) is 0 Å². The molecule has 8 heteroatoms. The maximum atomic E-state index is 11.6. The van der Waals surface area contributed by atoms with E-state index in [2.05, 4.69) is 4.90 Å². The first-order chi connectivity index (χ1) is 10.1. The first-order valence-electron chi connectivity index (χ1n) is 6.64. The Kier molecular flexibility index (Phi) is 4.94. The molecule has 0 aliphatic carbocycles. The zero-order valence-corrected chi connectivity index (χ0v) is 11.5. The van der Waals surface area contributed by atoms with Crippen LogP contribution in [0, 0.1) is 10.1 Å². The summed E-state index contributed by atoms with van der Waals surface area (Å²) in [5.74, 6) is 0. The molecule has 8 nitrogen and oxygen atoms in total. The van der Waals surface area contributed by atoms with Crippen molar-refractivity contribution in [2.24, 2.45) is 0 Å². The molecule has 1 amide bonds. The number of carbonyl (C=O) groups excluding carboxylic acids is 1. The van der Waals surface area contributed by atoms with E-state index in [1.807, 2.05) is 0 Å². The summed E-state index contributed by atoms with van der Waals surface area (Å²) in [5, 5.41) is 19.2. The van der Waals surface area contributed by atoms with Gasteiger partial charge in [0.2, 0.25) is 0 Å². The van der Waals surface area contributed by atoms with Crippen molar-refractivity contribution >= 4 is 17.5 Å². The van der Waals surface area contributed by atoms with Crippen LogP contribution < -0.4 is 4.90 Å². The van der Waals surface area contributed by atoms with E-state index in [0.29, 0.717) is 26.2 Å². The van der Waals surface area contributed by atoms with E-state index in [0.717, 1.165) is 5.69 Å². The van der Waals surface area contributed by atoms with Crippen LogP contribution in [0.15, 0.2) is 24.3 Å². The van der Waals surface area contributed by atoms with Gasteiger partial charge in [-0.2, -0.15) is 0 Å². The third kappa shape index (κ3) is 3.82. The maximum absolute atomic E-state index is 11.6. The van der Waals surface area contributed by atoms with Crippen molar-refractivity contribution in [2.75, 3.05) is 44.3 Å². The van der Waals surface area contributed by atoms with Crippen molar-refractivity contribution in [2.45, 2.75) is 0 Å². The number of carbonyl (C=O) groups is 1. The smallest absolute Gasteiger partial charge is 0.409 e. The molecule has 21 heavy (non-hydrogen) atoms. The van der Waals surface area contributed by atoms with Gasteiger partial charge < -0.3 is 19.6 Å². The fraction of sp³-hybridized carbons (Fsp3) is 0.462. The summed E-state index contributed by atoms with van der Waals surface area (Å²) < 4.78 is 4.86. The Bertz CT molecular complexity index is 497. The lowest BCUT2D eigenvalue weighted by molar-refractivity contribution is -0.384. The van der Waals surface area contributed by atoms with E-state index in [4.69, 9.17) is 9.84 Å². The number of amides is 1. The van der Waals surface area contributed by atoms with Gasteiger partial charge >= 0.3 is 6.09 Å². The molecule has 0 bridgehead atoms. The molecular formula is C13H17N3O5. The molecule has 1 aromatic rings. The molecule has 0 aromatic heterocycles. The summed E-state index contributed by atoms with van der Waals surface area (Å²) in [6.45, 7) is 2.11. The highest BCUT2D eigenvalue weighted by Crippen LogP contribution is 2.20. The van der Waals surface area contributed by atoms with Gasteiger partial charge in [-0.1, -0.05) is 0 Å². The molecule has 114 valence electrons. The Labute approximate surface area is 121 Å². The fourth-order valence-corrected chi connectivity index (χ4v) is 2.16. The number of nitrogens with zero attached hydrogens (tertiary/aromatic N) is 3. The molecule has 1 saturated heterocycles. The highest BCUT2D eigenvalue weighted by Gasteiger charge is 2.22. The van der Waals surface area contributed by atoms with Gasteiger partial charge in [0.05, 0.1) is 11.5 Å². The highest BCUT2D eigenvalue weighted by atomic mass is 16.6. The number of nitro groups is 1. The van der Waals surface area contributed by atoms with E-state index in [1.165, 1.54) is 12.1 Å². The van der Waals surface area contributed by atoms with Crippen molar-refractivity contribution in [3.05, 3.63) is 34.4 Å². The van der Waals surface area contributed by atoms with Gasteiger partial charge in [-0.15, -0.1) is 0 Å². The number of hydrogen-bond acceptors (Lipinski definition) is 6. The molecule has 0 atom stereocenters. The largest absolute Gasteiger partial charge is 0.447 e. The number of anilines is 1. The molecule has 0 spiro atoms. The molecule has 0 radical (unpaired) electrons. The molecule has 1 N–H and O–H groups in total. The summed E-state index contributed by atoms with van der Waals surface area (Å²) in [5.41, 5.74) is 0.953. The predicted molar refractivity (Wildman–Crippen MR) is 75.3 cm³/mol. The number of rotatable bonds is 4. The SMILES string of the molecule is O=C(OCCO)N1CCN(c2ccc([N+](=O)[O-])cc2)CC1. The minimum absolute atomic E-state index is 0.00139. The normalized spacial score (nSPS) is 14.9. The van der Waals surface area contributed by atoms with Gasteiger partial charge in [0.1, 0.15) is 6.61 Å². The monoisotopic (exact) mass is 295 g/mol. The fourth-order valence-electron chi connectivity index (χ4n) is 2.16. The molecular weight excluding hydrogens is 278 g/mol. The summed E-state index contributed by atoms with van der Waals surface area (Å²) in [6.07, 6.45) is -0.424. The van der Waals surface area contributed by atoms with E-state index in [-0.39, 0.29) is 18.9 Å². The number of hydrogen-bond donors (Lipinski definition) is 1. The Balaban J connectivity index is 1.88. The van der Waals surface area contributed by atoms with Crippen molar-refractivity contribution in [1.29, 1.82) is 0 Å². The number of piperazine rings is 1. The van der Waals surface area contributed by atoms with Crippen LogP contribution in [0.3, 0.4) is 0 Å². The van der Waals surface area contributed by atoms with E-state index in [9.17, 15) is 14.9 Å². The van der Waals surface area contributed by atoms with Gasteiger partial charge in [-0.25, -0.2) is 4.79 Å². The highest BCUT2D eigenvalue weighted by molar-refractivity contribution is 5.68. The lowest BCUT2D eigenvalue weighted by Crippen LogP contribution is -2.49. The summed E-state index contributed by atoms with van der Waals surface area (Å²) in [6, 6.07) is 6.35. The van der Waals surface area contributed by atoms with Crippen molar-refractivity contribution < 1.29 is 19.6 Å². The van der Waals surface area contributed by atoms with Crippen LogP contribution in [-0.4, -0.2) is 60.4 Å². The Hall–Kier alpha value is -2.35. The van der Waals surface area contributed by atoms with E-state index >= 15 is 0 Å². The molecule has 1 fully saturated rings. The van der Waals surface area contributed by atoms with Crippen LogP contribution in [0.4, 0.5) is 16.2 Å². The van der Waals surface area contributed by atoms with Gasteiger partial charge in [-0.3, -0.25) is 10.1 Å². The zero-order chi connectivity index (χ0) is 15.2. The standard InChI is InChI=1S/C13H17N3O5/c17-9-10-21-13(18)15-7-5-14(6-8-15)11-1-3-12(4-2-11)16(19)20/h1-4,17H,5-10H2. The topological polar surface area (TPSA) is 96.2 Å². The third-order valence-electron chi connectivity index (χ3n) is 3.28. The first kappa shape index (κ1) is 15.0. The number of non-ortho nitro benzene ring substituents is 1. The predicted octanol–water partition coefficient (Wildman–Crippen LogP) is 0.846. The van der Waals surface area contributed by atoms with Gasteiger partial charge in [-0.05, 0) is 12.1 Å². The van der Waals surface area contributed by atoms with Gasteiger partial charge in [0.15, 0.2) is 0 Å². The third-order valence-corrected chi connectivity index (χ3v) is 3.28. The number of aliphatic hydroxyl groups excluding tert-OH is 1. The first-order valence-corrected chi connectivity index (χ1v) is 6.64. The molecule has 0 saturated carbocycles. The lowest BCUT2D eigenvalue weighted by Gasteiger charge is -2.35. The van der Waals surface area contributed by atoms with E-state index in [1.54, 1.807) is 17.0 Å². The van der Waals surface area contributed by atoms with Gasteiger partial charge in [0, 0.05) is 44.0 Å². The van der Waals surface area contributed by atoms with Crippen molar-refractivity contribution in [3.8, 4) is 0 Å². The van der Waals surface area contributed by atoms with Crippen LogP contribution in [0.2, 0.25) is 0 Å². The van der Waals surface area contributed by atoms with Crippen LogP contribution in [0.1, 0.15) is 0 Å². The molecule has 1 heterocycles.